The molecule has 1 heterocycles. The number of amides is 1. The molecule has 8 atom stereocenters. The maximum absolute atomic E-state index is 14.2. The van der Waals surface area contributed by atoms with Crippen molar-refractivity contribution in [1.29, 1.82) is 0 Å². The fraction of sp³-hybridized carbons (Fsp3) is 0.645. The van der Waals surface area contributed by atoms with Gasteiger partial charge in [-0.25, -0.2) is 0 Å². The van der Waals surface area contributed by atoms with Crippen LogP contribution in [0.4, 0.5) is 5.69 Å². The van der Waals surface area contributed by atoms with E-state index in [1.165, 1.54) is 4.90 Å². The first-order chi connectivity index (χ1) is 19.5. The summed E-state index contributed by atoms with van der Waals surface area (Å²) in [4.78, 5) is 72.9. The molecule has 5 aliphatic rings. The molecule has 0 spiro atoms. The highest BCUT2D eigenvalue weighted by Gasteiger charge is 2.69. The van der Waals surface area contributed by atoms with E-state index in [1.54, 1.807) is 14.1 Å². The highest BCUT2D eigenvalue weighted by molar-refractivity contribution is 6.32. The summed E-state index contributed by atoms with van der Waals surface area (Å²) >= 11 is 0. The van der Waals surface area contributed by atoms with Gasteiger partial charge in [-0.05, 0) is 61.7 Å². The van der Waals surface area contributed by atoms with Crippen LogP contribution in [0.1, 0.15) is 41.8 Å². The number of phenolic OH excluding ortho intramolecular Hbond substituents is 1. The molecule has 1 saturated heterocycles. The van der Waals surface area contributed by atoms with Crippen molar-refractivity contribution in [2.24, 2.45) is 46.7 Å². The molecule has 11 heteroatoms. The van der Waals surface area contributed by atoms with Gasteiger partial charge in [-0.2, -0.15) is 0 Å². The maximum atomic E-state index is 14.2. The summed E-state index contributed by atoms with van der Waals surface area (Å²) in [5, 5.41) is 23.3. The molecule has 4 aliphatic carbocycles. The third kappa shape index (κ3) is 3.72. The molecular weight excluding hydrogens is 540 g/mol. The van der Waals surface area contributed by atoms with Crippen LogP contribution in [0.25, 0.3) is 0 Å². The summed E-state index contributed by atoms with van der Waals surface area (Å²) in [6, 6.07) is 0.790. The molecule has 1 amide bonds. The number of nitrogens with zero attached hydrogens (tertiary/aromatic N) is 3. The number of carbonyl (C=O) groups is 5. The topological polar surface area (TPSA) is 162 Å². The van der Waals surface area contributed by atoms with Crippen LogP contribution in [0, 0.1) is 40.9 Å². The van der Waals surface area contributed by atoms with E-state index in [0.29, 0.717) is 34.9 Å². The lowest BCUT2D eigenvalue weighted by Crippen LogP contribution is -2.74. The highest BCUT2D eigenvalue weighted by atomic mass is 16.3. The quantitative estimate of drug-likeness (QED) is 0.405. The standard InChI is InChI=1S/C31H40N4O7/c1-30(2)17-11-35(12-18(17)30)10-14-9-19(33(3)4)15-7-13-8-16-23(34(5)6)26(38)22(29(32)41)28(40)31(16,42)27(39)20(13)25(37)21(15)24(14)36/h9,13,16-18,20,22-23,36,42H,7-8,10-12H2,1-6H3,(H2,32,41)/t13-,16-,17?,18?,20?,22?,23-,31-/m0/s1. The third-order valence-electron chi connectivity index (χ3n) is 11.2. The number of primary amides is 1. The van der Waals surface area contributed by atoms with E-state index in [9.17, 15) is 34.2 Å². The van der Waals surface area contributed by atoms with E-state index in [4.69, 9.17) is 5.73 Å². The van der Waals surface area contributed by atoms with Gasteiger partial charge in [0.1, 0.15) is 5.75 Å². The van der Waals surface area contributed by atoms with E-state index in [1.807, 2.05) is 25.1 Å². The second-order valence-corrected chi connectivity index (χ2v) is 14.2. The number of nitrogens with two attached hydrogens (primary N) is 1. The van der Waals surface area contributed by atoms with Gasteiger partial charge < -0.3 is 20.8 Å². The van der Waals surface area contributed by atoms with E-state index in [0.717, 1.165) is 18.8 Å². The molecule has 0 bridgehead atoms. The number of aliphatic hydroxyl groups is 1. The van der Waals surface area contributed by atoms with Crippen LogP contribution in [0.15, 0.2) is 6.07 Å². The molecule has 0 radical (unpaired) electrons. The van der Waals surface area contributed by atoms with E-state index < -0.39 is 64.4 Å². The smallest absolute Gasteiger partial charge is 0.235 e. The van der Waals surface area contributed by atoms with Crippen LogP contribution in [-0.2, 0) is 32.1 Å². The van der Waals surface area contributed by atoms with Crippen molar-refractivity contribution in [1.82, 2.24) is 9.80 Å². The Bertz CT molecular complexity index is 1440. The Balaban J connectivity index is 1.41. The molecule has 42 heavy (non-hydrogen) atoms. The number of anilines is 1. The molecular formula is C31H40N4O7. The third-order valence-corrected chi connectivity index (χ3v) is 11.2. The molecule has 4 unspecified atom stereocenters. The number of piperidine rings is 1. The Kier molecular flexibility index (Phi) is 6.32. The first-order valence-corrected chi connectivity index (χ1v) is 14.6. The number of Topliss-reactive ketones (excluding diaryl/α,β-unsaturated/α-hetero) is 4. The molecule has 4 fully saturated rings. The lowest BCUT2D eigenvalue weighted by molar-refractivity contribution is -0.181. The molecule has 0 aromatic heterocycles. The van der Waals surface area contributed by atoms with E-state index in [2.05, 4.69) is 18.7 Å². The number of hydrogen-bond donors (Lipinski definition) is 3. The Morgan fingerprint density at radius 2 is 1.67 bits per heavy atom. The second kappa shape index (κ2) is 9.17. The average molecular weight is 581 g/mol. The first-order valence-electron chi connectivity index (χ1n) is 14.6. The van der Waals surface area contributed by atoms with Crippen LogP contribution in [-0.4, -0.2) is 102 Å². The number of phenols is 1. The summed E-state index contributed by atoms with van der Waals surface area (Å²) in [5.74, 6) is -9.00. The zero-order chi connectivity index (χ0) is 30.8. The SMILES string of the molecule is CN(C)c1cc(CN2CC3C(C2)C3(C)C)c(O)c2c1C[C@H]1C[C@H]3[C@H](N(C)C)C(=O)C(C(N)=O)C(=O)[C@@]3(O)C(=O)C1C2=O. The lowest BCUT2D eigenvalue weighted by atomic mass is 9.52. The zero-order valence-electron chi connectivity index (χ0n) is 25.0. The van der Waals surface area contributed by atoms with E-state index >= 15 is 0 Å². The van der Waals surface area contributed by atoms with Crippen molar-refractivity contribution in [3.8, 4) is 5.75 Å². The van der Waals surface area contributed by atoms with Crippen molar-refractivity contribution < 1.29 is 34.2 Å². The Morgan fingerprint density at radius 3 is 2.21 bits per heavy atom. The van der Waals surface area contributed by atoms with Crippen molar-refractivity contribution in [3.63, 3.8) is 0 Å². The molecule has 6 rings (SSSR count). The predicted octanol–water partition coefficient (Wildman–Crippen LogP) is 0.0208. The van der Waals surface area contributed by atoms with Gasteiger partial charge in [-0.15, -0.1) is 0 Å². The molecule has 1 aliphatic heterocycles. The number of likely N-dealkylation sites (N-methyl/N-ethyl adjacent to an activating group) is 1. The number of rotatable bonds is 5. The van der Waals surface area contributed by atoms with Gasteiger partial charge in [0.25, 0.3) is 0 Å². The molecule has 4 N–H and O–H groups in total. The Morgan fingerprint density at radius 1 is 1.05 bits per heavy atom. The fourth-order valence-corrected chi connectivity index (χ4v) is 8.81. The number of aromatic hydroxyl groups is 1. The van der Waals surface area contributed by atoms with Gasteiger partial charge in [0.2, 0.25) is 5.91 Å². The average Bonchev–Trinajstić information content (AvgIpc) is 3.19. The number of hydrogen-bond acceptors (Lipinski definition) is 10. The second-order valence-electron chi connectivity index (χ2n) is 14.2. The minimum absolute atomic E-state index is 0.0334. The van der Waals surface area contributed by atoms with Crippen LogP contribution in [0.3, 0.4) is 0 Å². The summed E-state index contributed by atoms with van der Waals surface area (Å²) in [6.45, 7) is 6.82. The van der Waals surface area contributed by atoms with Crippen molar-refractivity contribution in [2.75, 3.05) is 46.2 Å². The number of benzene rings is 1. The van der Waals surface area contributed by atoms with Gasteiger partial charge in [0.05, 0.1) is 17.5 Å². The normalized spacial score (nSPS) is 36.8. The van der Waals surface area contributed by atoms with Crippen molar-refractivity contribution in [2.45, 2.75) is 44.9 Å². The lowest BCUT2D eigenvalue weighted by Gasteiger charge is -2.52. The van der Waals surface area contributed by atoms with E-state index in [-0.39, 0.29) is 24.2 Å². The molecule has 11 nitrogen and oxygen atoms in total. The number of fused-ring (bicyclic) bond motifs is 4. The van der Waals surface area contributed by atoms with Crippen LogP contribution < -0.4 is 10.6 Å². The van der Waals surface area contributed by atoms with Crippen molar-refractivity contribution >= 4 is 34.7 Å². The van der Waals surface area contributed by atoms with Crippen LogP contribution in [0.5, 0.6) is 5.75 Å². The monoisotopic (exact) mass is 580 g/mol. The first kappa shape index (κ1) is 28.9. The number of ketones is 4. The fourth-order valence-electron chi connectivity index (χ4n) is 8.81. The number of likely N-dealkylation sites (tertiary alicyclic amines) is 1. The predicted molar refractivity (Wildman–Crippen MR) is 152 cm³/mol. The molecule has 1 aromatic carbocycles. The largest absolute Gasteiger partial charge is 0.507 e. The van der Waals surface area contributed by atoms with Gasteiger partial charge in [0, 0.05) is 50.9 Å². The van der Waals surface area contributed by atoms with Gasteiger partial charge in [-0.3, -0.25) is 33.8 Å². The zero-order valence-corrected chi connectivity index (χ0v) is 25.0. The van der Waals surface area contributed by atoms with Gasteiger partial charge in [0.15, 0.2) is 34.7 Å². The summed E-state index contributed by atoms with van der Waals surface area (Å²) in [7, 11) is 6.86. The van der Waals surface area contributed by atoms with Crippen LogP contribution >= 0.6 is 0 Å². The van der Waals surface area contributed by atoms with Crippen molar-refractivity contribution in [3.05, 3.63) is 22.8 Å². The minimum Gasteiger partial charge on any atom is -0.507 e. The molecule has 226 valence electrons. The Hall–Kier alpha value is -3.15. The van der Waals surface area contributed by atoms with Gasteiger partial charge in [-0.1, -0.05) is 13.8 Å². The van der Waals surface area contributed by atoms with Gasteiger partial charge >= 0.3 is 0 Å². The summed E-state index contributed by atoms with van der Waals surface area (Å²) in [5.41, 5.74) is 5.01. The summed E-state index contributed by atoms with van der Waals surface area (Å²) in [6.07, 6.45) is 0.279. The number of carbonyl (C=O) groups excluding carboxylic acids is 5. The Labute approximate surface area is 245 Å². The molecule has 3 saturated carbocycles. The highest BCUT2D eigenvalue weighted by Crippen LogP contribution is 2.62. The minimum atomic E-state index is -2.72. The van der Waals surface area contributed by atoms with Crippen LogP contribution in [0.2, 0.25) is 0 Å². The summed E-state index contributed by atoms with van der Waals surface area (Å²) < 4.78 is 0. The molecule has 1 aromatic rings. The maximum Gasteiger partial charge on any atom is 0.235 e.